The molecule has 1 heterocycles. The predicted octanol–water partition coefficient (Wildman–Crippen LogP) is 3.25. The molecule has 1 aliphatic carbocycles. The summed E-state index contributed by atoms with van der Waals surface area (Å²) in [5, 5.41) is 6.19. The maximum Gasteiger partial charge on any atom is 0.224 e. The first-order chi connectivity index (χ1) is 11.0. The topological polar surface area (TPSA) is 58.2 Å². The zero-order valence-corrected chi connectivity index (χ0v) is 15.0. The number of hydrogen-bond donors (Lipinski definition) is 2. The molecule has 2 fully saturated rings. The molecule has 2 atom stereocenters. The van der Waals surface area contributed by atoms with Gasteiger partial charge in [-0.05, 0) is 43.9 Å². The second kappa shape index (κ2) is 6.63. The third-order valence-corrected chi connectivity index (χ3v) is 5.59. The van der Waals surface area contributed by atoms with Crippen LogP contribution in [0.5, 0.6) is 0 Å². The van der Waals surface area contributed by atoms with Gasteiger partial charge in [0.25, 0.3) is 0 Å². The number of halogens is 1. The second-order valence-electron chi connectivity index (χ2n) is 6.89. The average Bonchev–Trinajstić information content (AvgIpc) is 2.96. The molecule has 0 radical (unpaired) electrons. The third kappa shape index (κ3) is 3.60. The summed E-state index contributed by atoms with van der Waals surface area (Å²) in [6, 6.07) is 8.30. The Bertz CT molecular complexity index is 594. The molecule has 2 N–H and O–H groups in total. The number of carbonyl (C=O) groups excluding carboxylic acids is 2. The fourth-order valence-electron chi connectivity index (χ4n) is 3.90. The Hall–Kier alpha value is -1.36. The molecule has 5 heteroatoms. The molecule has 1 aromatic carbocycles. The van der Waals surface area contributed by atoms with Crippen LogP contribution in [-0.4, -0.2) is 17.9 Å². The lowest BCUT2D eigenvalue weighted by atomic mass is 9.85. The zero-order chi connectivity index (χ0) is 16.4. The van der Waals surface area contributed by atoms with Crippen LogP contribution in [0.15, 0.2) is 28.7 Å². The first kappa shape index (κ1) is 16.5. The van der Waals surface area contributed by atoms with Gasteiger partial charge in [-0.2, -0.15) is 0 Å². The van der Waals surface area contributed by atoms with E-state index in [0.29, 0.717) is 12.8 Å². The summed E-state index contributed by atoms with van der Waals surface area (Å²) in [5.41, 5.74) is 0.898. The largest absolute Gasteiger partial charge is 0.354 e. The number of nitrogens with one attached hydrogen (secondary N) is 2. The van der Waals surface area contributed by atoms with E-state index in [1.807, 2.05) is 19.1 Å². The Morgan fingerprint density at radius 3 is 2.52 bits per heavy atom. The predicted molar refractivity (Wildman–Crippen MR) is 92.8 cm³/mol. The molecule has 124 valence electrons. The van der Waals surface area contributed by atoms with E-state index in [1.54, 1.807) is 0 Å². The molecular formula is C18H23BrN2O2. The van der Waals surface area contributed by atoms with E-state index < -0.39 is 0 Å². The highest BCUT2D eigenvalue weighted by molar-refractivity contribution is 9.10. The summed E-state index contributed by atoms with van der Waals surface area (Å²) in [6.07, 6.45) is 5.19. The summed E-state index contributed by atoms with van der Waals surface area (Å²) in [5.74, 6) is -0.212. The van der Waals surface area contributed by atoms with Crippen molar-refractivity contribution in [2.24, 2.45) is 5.92 Å². The Kier molecular flexibility index (Phi) is 4.76. The van der Waals surface area contributed by atoms with Gasteiger partial charge in [0, 0.05) is 22.9 Å². The van der Waals surface area contributed by atoms with Crippen LogP contribution in [-0.2, 0) is 15.1 Å². The van der Waals surface area contributed by atoms with E-state index in [-0.39, 0.29) is 29.3 Å². The molecule has 23 heavy (non-hydrogen) atoms. The van der Waals surface area contributed by atoms with Gasteiger partial charge in [0.2, 0.25) is 11.8 Å². The smallest absolute Gasteiger partial charge is 0.224 e. The zero-order valence-electron chi connectivity index (χ0n) is 13.4. The molecular weight excluding hydrogens is 356 g/mol. The Morgan fingerprint density at radius 2 is 1.91 bits per heavy atom. The molecule has 1 saturated carbocycles. The van der Waals surface area contributed by atoms with Crippen molar-refractivity contribution in [2.75, 3.05) is 0 Å². The van der Waals surface area contributed by atoms with Gasteiger partial charge in [0.05, 0.1) is 5.54 Å². The van der Waals surface area contributed by atoms with Gasteiger partial charge in [-0.1, -0.05) is 40.9 Å². The van der Waals surface area contributed by atoms with Crippen LogP contribution in [0.4, 0.5) is 0 Å². The third-order valence-electron chi connectivity index (χ3n) is 5.06. The van der Waals surface area contributed by atoms with Gasteiger partial charge in [0.15, 0.2) is 0 Å². The van der Waals surface area contributed by atoms with E-state index in [1.165, 1.54) is 5.56 Å². The van der Waals surface area contributed by atoms with Crippen molar-refractivity contribution < 1.29 is 9.59 Å². The van der Waals surface area contributed by atoms with Crippen LogP contribution in [0.3, 0.4) is 0 Å². The Balaban J connectivity index is 1.78. The summed E-state index contributed by atoms with van der Waals surface area (Å²) < 4.78 is 1.04. The lowest BCUT2D eigenvalue weighted by Gasteiger charge is -2.34. The summed E-state index contributed by atoms with van der Waals surface area (Å²) in [6.45, 7) is 1.96. The molecule has 0 bridgehead atoms. The fourth-order valence-corrected chi connectivity index (χ4v) is 4.16. The van der Waals surface area contributed by atoms with Crippen molar-refractivity contribution in [3.8, 4) is 0 Å². The SMILES string of the molecule is C[C@@H]1C[C@H](C(=O)NC2(c3ccc(Br)cc3)CCCC2)CC(=O)N1. The van der Waals surface area contributed by atoms with Crippen LogP contribution >= 0.6 is 15.9 Å². The van der Waals surface area contributed by atoms with E-state index >= 15 is 0 Å². The van der Waals surface area contributed by atoms with Crippen molar-refractivity contribution in [3.05, 3.63) is 34.3 Å². The lowest BCUT2D eigenvalue weighted by molar-refractivity contribution is -0.134. The fraction of sp³-hybridized carbons (Fsp3) is 0.556. The monoisotopic (exact) mass is 378 g/mol. The Labute approximate surface area is 145 Å². The van der Waals surface area contributed by atoms with Crippen molar-refractivity contribution in [2.45, 2.75) is 57.0 Å². The number of amides is 2. The molecule has 3 rings (SSSR count). The van der Waals surface area contributed by atoms with E-state index in [9.17, 15) is 9.59 Å². The second-order valence-corrected chi connectivity index (χ2v) is 7.81. The molecule has 1 aromatic rings. The number of rotatable bonds is 3. The number of piperidine rings is 1. The number of benzene rings is 1. The molecule has 0 spiro atoms. The van der Waals surface area contributed by atoms with E-state index in [0.717, 1.165) is 30.2 Å². The summed E-state index contributed by atoms with van der Waals surface area (Å²) in [7, 11) is 0. The minimum atomic E-state index is -0.269. The van der Waals surface area contributed by atoms with Crippen LogP contribution in [0, 0.1) is 5.92 Å². The standard InChI is InChI=1S/C18H23BrN2O2/c1-12-10-13(11-16(22)20-12)17(23)21-18(8-2-3-9-18)14-4-6-15(19)7-5-14/h4-7,12-13H,2-3,8-11H2,1H3,(H,20,22)(H,21,23)/t12-,13+/m1/s1. The van der Waals surface area contributed by atoms with Crippen LogP contribution < -0.4 is 10.6 Å². The van der Waals surface area contributed by atoms with Crippen molar-refractivity contribution in [1.82, 2.24) is 10.6 Å². The van der Waals surface area contributed by atoms with Gasteiger partial charge < -0.3 is 10.6 Å². The van der Waals surface area contributed by atoms with Gasteiger partial charge in [0.1, 0.15) is 0 Å². The highest BCUT2D eigenvalue weighted by Crippen LogP contribution is 2.39. The highest BCUT2D eigenvalue weighted by atomic mass is 79.9. The van der Waals surface area contributed by atoms with Crippen molar-refractivity contribution in [1.29, 1.82) is 0 Å². The van der Waals surface area contributed by atoms with Gasteiger partial charge >= 0.3 is 0 Å². The maximum absolute atomic E-state index is 12.8. The average molecular weight is 379 g/mol. The normalized spacial score (nSPS) is 26.6. The molecule has 0 unspecified atom stereocenters. The first-order valence-corrected chi connectivity index (χ1v) is 9.15. The minimum absolute atomic E-state index is 0.0204. The molecule has 4 nitrogen and oxygen atoms in total. The number of hydrogen-bond acceptors (Lipinski definition) is 2. The molecule has 1 saturated heterocycles. The minimum Gasteiger partial charge on any atom is -0.354 e. The van der Waals surface area contributed by atoms with Crippen LogP contribution in [0.25, 0.3) is 0 Å². The number of carbonyl (C=O) groups is 2. The van der Waals surface area contributed by atoms with E-state index in [2.05, 4.69) is 38.7 Å². The van der Waals surface area contributed by atoms with Gasteiger partial charge in [-0.3, -0.25) is 9.59 Å². The van der Waals surface area contributed by atoms with Gasteiger partial charge in [-0.25, -0.2) is 0 Å². The molecule has 1 aliphatic heterocycles. The first-order valence-electron chi connectivity index (χ1n) is 8.36. The highest BCUT2D eigenvalue weighted by Gasteiger charge is 2.39. The molecule has 2 amide bonds. The quantitative estimate of drug-likeness (QED) is 0.847. The Morgan fingerprint density at radius 1 is 1.26 bits per heavy atom. The maximum atomic E-state index is 12.8. The summed E-state index contributed by atoms with van der Waals surface area (Å²) >= 11 is 3.47. The molecule has 2 aliphatic rings. The van der Waals surface area contributed by atoms with Crippen molar-refractivity contribution in [3.63, 3.8) is 0 Å². The molecule has 0 aromatic heterocycles. The summed E-state index contributed by atoms with van der Waals surface area (Å²) in [4.78, 5) is 24.5. The van der Waals surface area contributed by atoms with Crippen LogP contribution in [0.2, 0.25) is 0 Å². The van der Waals surface area contributed by atoms with Crippen LogP contribution in [0.1, 0.15) is 51.0 Å². The lowest BCUT2D eigenvalue weighted by Crippen LogP contribution is -2.50. The van der Waals surface area contributed by atoms with Crippen molar-refractivity contribution >= 4 is 27.7 Å². The van der Waals surface area contributed by atoms with E-state index in [4.69, 9.17) is 0 Å². The van der Waals surface area contributed by atoms with Gasteiger partial charge in [-0.15, -0.1) is 0 Å².